The molecule has 0 saturated carbocycles. The summed E-state index contributed by atoms with van der Waals surface area (Å²) in [5, 5.41) is 8.06. The highest BCUT2D eigenvalue weighted by Gasteiger charge is 2.18. The van der Waals surface area contributed by atoms with E-state index in [0.717, 1.165) is 5.52 Å². The zero-order valence-electron chi connectivity index (χ0n) is 10.6. The number of methoxy groups -OCH3 is 1. The highest BCUT2D eigenvalue weighted by Crippen LogP contribution is 2.19. The number of carbonyl (C=O) groups excluding carboxylic acids is 1. The first-order chi connectivity index (χ1) is 9.70. The molecule has 0 unspecified atom stereocenters. The SMILES string of the molecule is COC(=O)c1cc(N)cnc1-n1nnc2ccccc21. The van der Waals surface area contributed by atoms with E-state index in [9.17, 15) is 4.79 Å². The van der Waals surface area contributed by atoms with Crippen molar-refractivity contribution in [2.45, 2.75) is 0 Å². The van der Waals surface area contributed by atoms with Crippen LogP contribution in [-0.4, -0.2) is 33.1 Å². The van der Waals surface area contributed by atoms with E-state index in [-0.39, 0.29) is 5.56 Å². The van der Waals surface area contributed by atoms with Gasteiger partial charge in [-0.3, -0.25) is 0 Å². The van der Waals surface area contributed by atoms with E-state index in [0.29, 0.717) is 17.0 Å². The molecular formula is C13H11N5O2. The number of ether oxygens (including phenoxy) is 1. The molecule has 0 fully saturated rings. The van der Waals surface area contributed by atoms with Gasteiger partial charge in [0.25, 0.3) is 0 Å². The quantitative estimate of drug-likeness (QED) is 0.702. The van der Waals surface area contributed by atoms with Gasteiger partial charge in [-0.25, -0.2) is 9.78 Å². The number of hydrogen-bond acceptors (Lipinski definition) is 6. The lowest BCUT2D eigenvalue weighted by Gasteiger charge is -2.07. The maximum atomic E-state index is 11.8. The van der Waals surface area contributed by atoms with Crippen molar-refractivity contribution in [2.75, 3.05) is 12.8 Å². The number of anilines is 1. The van der Waals surface area contributed by atoms with Crippen LogP contribution < -0.4 is 5.73 Å². The summed E-state index contributed by atoms with van der Waals surface area (Å²) < 4.78 is 6.23. The molecule has 1 aromatic carbocycles. The van der Waals surface area contributed by atoms with Crippen LogP contribution in [0.5, 0.6) is 0 Å². The van der Waals surface area contributed by atoms with Crippen LogP contribution in [0, 0.1) is 0 Å². The number of esters is 1. The molecule has 7 nitrogen and oxygen atoms in total. The number of pyridine rings is 1. The predicted molar refractivity (Wildman–Crippen MR) is 72.4 cm³/mol. The number of hydrogen-bond donors (Lipinski definition) is 1. The number of rotatable bonds is 2. The van der Waals surface area contributed by atoms with E-state index >= 15 is 0 Å². The Bertz CT molecular complexity index is 796. The van der Waals surface area contributed by atoms with E-state index in [1.54, 1.807) is 0 Å². The van der Waals surface area contributed by atoms with E-state index in [4.69, 9.17) is 10.5 Å². The molecule has 0 spiro atoms. The highest BCUT2D eigenvalue weighted by atomic mass is 16.5. The Morgan fingerprint density at radius 1 is 1.35 bits per heavy atom. The average Bonchev–Trinajstić information content (AvgIpc) is 2.90. The summed E-state index contributed by atoms with van der Waals surface area (Å²) in [6.45, 7) is 0. The van der Waals surface area contributed by atoms with E-state index in [1.165, 1.54) is 24.1 Å². The Morgan fingerprint density at radius 2 is 2.15 bits per heavy atom. The minimum absolute atomic E-state index is 0.239. The second-order valence-electron chi connectivity index (χ2n) is 4.12. The summed E-state index contributed by atoms with van der Waals surface area (Å²) in [5.41, 5.74) is 7.74. The third kappa shape index (κ3) is 1.85. The second kappa shape index (κ2) is 4.61. The Morgan fingerprint density at radius 3 is 2.95 bits per heavy atom. The van der Waals surface area contributed by atoms with Gasteiger partial charge in [0.1, 0.15) is 11.1 Å². The van der Waals surface area contributed by atoms with Crippen LogP contribution in [0.1, 0.15) is 10.4 Å². The zero-order valence-corrected chi connectivity index (χ0v) is 10.6. The first kappa shape index (κ1) is 12.1. The van der Waals surface area contributed by atoms with Gasteiger partial charge in [0.05, 0.1) is 24.5 Å². The molecule has 2 N–H and O–H groups in total. The van der Waals surface area contributed by atoms with E-state index in [1.807, 2.05) is 24.3 Å². The topological polar surface area (TPSA) is 95.9 Å². The number of fused-ring (bicyclic) bond motifs is 1. The van der Waals surface area contributed by atoms with Crippen molar-refractivity contribution in [2.24, 2.45) is 0 Å². The number of carbonyl (C=O) groups is 1. The van der Waals surface area contributed by atoms with Gasteiger partial charge >= 0.3 is 5.97 Å². The Kier molecular flexibility index (Phi) is 2.79. The number of para-hydroxylation sites is 1. The first-order valence-corrected chi connectivity index (χ1v) is 5.85. The van der Waals surface area contributed by atoms with Crippen molar-refractivity contribution in [3.63, 3.8) is 0 Å². The molecule has 2 heterocycles. The molecule has 0 atom stereocenters. The lowest BCUT2D eigenvalue weighted by molar-refractivity contribution is 0.0600. The summed E-state index contributed by atoms with van der Waals surface area (Å²) in [7, 11) is 1.30. The van der Waals surface area contributed by atoms with Crippen LogP contribution in [0.4, 0.5) is 5.69 Å². The van der Waals surface area contributed by atoms with Gasteiger partial charge < -0.3 is 10.5 Å². The molecule has 0 aliphatic carbocycles. The van der Waals surface area contributed by atoms with Crippen molar-refractivity contribution in [3.8, 4) is 5.82 Å². The summed E-state index contributed by atoms with van der Waals surface area (Å²) in [4.78, 5) is 16.0. The largest absolute Gasteiger partial charge is 0.465 e. The number of nitrogens with two attached hydrogens (primary N) is 1. The smallest absolute Gasteiger partial charge is 0.341 e. The third-order valence-electron chi connectivity index (χ3n) is 2.85. The van der Waals surface area contributed by atoms with E-state index in [2.05, 4.69) is 15.3 Å². The van der Waals surface area contributed by atoms with Crippen LogP contribution in [0.25, 0.3) is 16.9 Å². The second-order valence-corrected chi connectivity index (χ2v) is 4.12. The number of nitrogen functional groups attached to an aromatic ring is 1. The van der Waals surface area contributed by atoms with Gasteiger partial charge in [-0.05, 0) is 18.2 Å². The molecule has 0 bridgehead atoms. The summed E-state index contributed by atoms with van der Waals surface area (Å²) >= 11 is 0. The van der Waals surface area contributed by atoms with Gasteiger partial charge in [0.2, 0.25) is 0 Å². The maximum Gasteiger partial charge on any atom is 0.341 e. The van der Waals surface area contributed by atoms with Gasteiger partial charge in [-0.1, -0.05) is 17.3 Å². The Hall–Kier alpha value is -2.96. The molecular weight excluding hydrogens is 258 g/mol. The lowest BCUT2D eigenvalue weighted by atomic mass is 10.2. The fourth-order valence-electron chi connectivity index (χ4n) is 1.93. The summed E-state index contributed by atoms with van der Waals surface area (Å²) in [6.07, 6.45) is 1.46. The maximum absolute atomic E-state index is 11.8. The first-order valence-electron chi connectivity index (χ1n) is 5.85. The van der Waals surface area contributed by atoms with Crippen LogP contribution in [0.2, 0.25) is 0 Å². The molecule has 0 amide bonds. The molecule has 0 saturated heterocycles. The summed E-state index contributed by atoms with van der Waals surface area (Å²) in [5.74, 6) is -0.195. The predicted octanol–water partition coefficient (Wildman–Crippen LogP) is 1.18. The van der Waals surface area contributed by atoms with Crippen LogP contribution >= 0.6 is 0 Å². The number of aromatic nitrogens is 4. The minimum Gasteiger partial charge on any atom is -0.465 e. The molecule has 2 aromatic heterocycles. The lowest BCUT2D eigenvalue weighted by Crippen LogP contribution is -2.11. The zero-order chi connectivity index (χ0) is 14.1. The normalized spacial score (nSPS) is 10.7. The van der Waals surface area contributed by atoms with Crippen molar-refractivity contribution in [1.82, 2.24) is 20.0 Å². The Labute approximate surface area is 114 Å². The average molecular weight is 269 g/mol. The molecule has 3 rings (SSSR count). The van der Waals surface area contributed by atoms with Gasteiger partial charge in [-0.15, -0.1) is 5.10 Å². The van der Waals surface area contributed by atoms with Crippen molar-refractivity contribution >= 4 is 22.7 Å². The Balaban J connectivity index is 2.26. The van der Waals surface area contributed by atoms with Gasteiger partial charge in [0.15, 0.2) is 5.82 Å². The van der Waals surface area contributed by atoms with Crippen molar-refractivity contribution < 1.29 is 9.53 Å². The molecule has 0 radical (unpaired) electrons. The molecule has 3 aromatic rings. The highest BCUT2D eigenvalue weighted by molar-refractivity contribution is 5.94. The molecule has 0 aliphatic rings. The molecule has 0 aliphatic heterocycles. The van der Waals surface area contributed by atoms with Crippen molar-refractivity contribution in [3.05, 3.63) is 42.1 Å². The minimum atomic E-state index is -0.528. The van der Waals surface area contributed by atoms with Crippen LogP contribution in [-0.2, 0) is 4.74 Å². The summed E-state index contributed by atoms with van der Waals surface area (Å²) in [6, 6.07) is 8.89. The molecule has 7 heteroatoms. The fraction of sp³-hybridized carbons (Fsp3) is 0.0769. The van der Waals surface area contributed by atoms with Crippen molar-refractivity contribution in [1.29, 1.82) is 0 Å². The molecule has 20 heavy (non-hydrogen) atoms. The number of benzene rings is 1. The monoisotopic (exact) mass is 269 g/mol. The number of nitrogens with zero attached hydrogens (tertiary/aromatic N) is 4. The van der Waals surface area contributed by atoms with Gasteiger partial charge in [0, 0.05) is 0 Å². The van der Waals surface area contributed by atoms with Gasteiger partial charge in [-0.2, -0.15) is 4.68 Å². The third-order valence-corrected chi connectivity index (χ3v) is 2.85. The fourth-order valence-corrected chi connectivity index (χ4v) is 1.93. The van der Waals surface area contributed by atoms with E-state index < -0.39 is 5.97 Å². The van der Waals surface area contributed by atoms with Crippen LogP contribution in [0.3, 0.4) is 0 Å². The van der Waals surface area contributed by atoms with Crippen LogP contribution in [0.15, 0.2) is 36.5 Å². The standard InChI is InChI=1S/C13H11N5O2/c1-20-13(19)9-6-8(14)7-15-12(9)18-11-5-3-2-4-10(11)16-17-18/h2-7H,14H2,1H3. The molecule has 100 valence electrons.